The monoisotopic (exact) mass is 262 g/mol. The fourth-order valence-corrected chi connectivity index (χ4v) is 2.51. The van der Waals surface area contributed by atoms with Crippen LogP contribution in [0, 0.1) is 0 Å². The molecule has 0 amide bonds. The van der Waals surface area contributed by atoms with E-state index in [9.17, 15) is 0 Å². The highest BCUT2D eigenvalue weighted by Gasteiger charge is 2.02. The van der Waals surface area contributed by atoms with Crippen LogP contribution in [0.1, 0.15) is 18.9 Å². The van der Waals surface area contributed by atoms with E-state index in [-0.39, 0.29) is 0 Å². The average Bonchev–Trinajstić information content (AvgIpc) is 2.79. The second-order valence-electron chi connectivity index (χ2n) is 4.57. The summed E-state index contributed by atoms with van der Waals surface area (Å²) in [6, 6.07) is 8.98. The summed E-state index contributed by atoms with van der Waals surface area (Å²) < 4.78 is 2.36. The second kappa shape index (κ2) is 6.86. The first-order valence-electron chi connectivity index (χ1n) is 6.62. The molecule has 0 aliphatic heterocycles. The van der Waals surface area contributed by atoms with Gasteiger partial charge < -0.3 is 9.88 Å². The zero-order valence-corrected chi connectivity index (χ0v) is 12.1. The lowest BCUT2D eigenvalue weighted by Gasteiger charge is -2.07. The second-order valence-corrected chi connectivity index (χ2v) is 5.56. The van der Waals surface area contributed by atoms with Gasteiger partial charge in [-0.3, -0.25) is 0 Å². The minimum absolute atomic E-state index is 0.970. The maximum atomic E-state index is 3.46. The number of fused-ring (bicyclic) bond motifs is 1. The highest BCUT2D eigenvalue weighted by atomic mass is 32.2. The van der Waals surface area contributed by atoms with Crippen molar-refractivity contribution in [2.24, 2.45) is 0 Å². The van der Waals surface area contributed by atoms with E-state index in [2.05, 4.69) is 53.5 Å². The molecule has 0 bridgehead atoms. The summed E-state index contributed by atoms with van der Waals surface area (Å²) in [7, 11) is 0. The summed E-state index contributed by atoms with van der Waals surface area (Å²) in [6.07, 6.45) is 5.54. The van der Waals surface area contributed by atoms with Crippen molar-refractivity contribution < 1.29 is 0 Å². The summed E-state index contributed by atoms with van der Waals surface area (Å²) in [6.45, 7) is 5.35. The van der Waals surface area contributed by atoms with Gasteiger partial charge in [-0.05, 0) is 42.3 Å². The summed E-state index contributed by atoms with van der Waals surface area (Å²) in [4.78, 5) is 0. The van der Waals surface area contributed by atoms with Crippen LogP contribution in [-0.2, 0) is 13.1 Å². The lowest BCUT2D eigenvalue weighted by molar-refractivity contribution is 0.675. The Kier molecular flexibility index (Phi) is 5.14. The Hall–Kier alpha value is -0.930. The van der Waals surface area contributed by atoms with Crippen molar-refractivity contribution >= 4 is 22.7 Å². The number of hydrogen-bond acceptors (Lipinski definition) is 2. The molecule has 2 nitrogen and oxygen atoms in total. The van der Waals surface area contributed by atoms with Crippen LogP contribution >= 0.6 is 11.8 Å². The predicted molar refractivity (Wildman–Crippen MR) is 82.3 cm³/mol. The van der Waals surface area contributed by atoms with Crippen molar-refractivity contribution in [1.82, 2.24) is 9.88 Å². The first kappa shape index (κ1) is 13.5. The zero-order valence-electron chi connectivity index (χ0n) is 11.3. The number of benzene rings is 1. The first-order chi connectivity index (χ1) is 8.85. The van der Waals surface area contributed by atoms with Crippen molar-refractivity contribution in [3.8, 4) is 0 Å². The fourth-order valence-electron chi connectivity index (χ4n) is 2.13. The Morgan fingerprint density at radius 1 is 1.28 bits per heavy atom. The van der Waals surface area contributed by atoms with Gasteiger partial charge in [0, 0.05) is 30.6 Å². The molecule has 1 N–H and O–H groups in total. The third-order valence-electron chi connectivity index (χ3n) is 3.13. The van der Waals surface area contributed by atoms with Gasteiger partial charge >= 0.3 is 0 Å². The van der Waals surface area contributed by atoms with Gasteiger partial charge in [-0.2, -0.15) is 11.8 Å². The molecule has 1 aromatic carbocycles. The third kappa shape index (κ3) is 3.30. The fraction of sp³-hybridized carbons (Fsp3) is 0.467. The van der Waals surface area contributed by atoms with E-state index in [1.165, 1.54) is 28.6 Å². The summed E-state index contributed by atoms with van der Waals surface area (Å²) in [5.74, 6) is 1.17. The van der Waals surface area contributed by atoms with Crippen LogP contribution in [0.25, 0.3) is 10.9 Å². The van der Waals surface area contributed by atoms with Crippen LogP contribution in [0.5, 0.6) is 0 Å². The Labute approximate surface area is 114 Å². The first-order valence-corrected chi connectivity index (χ1v) is 8.02. The van der Waals surface area contributed by atoms with E-state index in [1.807, 2.05) is 11.8 Å². The molecule has 1 aromatic heterocycles. The van der Waals surface area contributed by atoms with E-state index in [0.717, 1.165) is 19.6 Å². The molecule has 0 aliphatic carbocycles. The number of hydrogen-bond donors (Lipinski definition) is 1. The molecule has 0 fully saturated rings. The molecule has 3 heteroatoms. The number of rotatable bonds is 7. The molecule has 2 aromatic rings. The van der Waals surface area contributed by atoms with E-state index in [1.54, 1.807) is 0 Å². The number of aryl methyl sites for hydroxylation is 1. The van der Waals surface area contributed by atoms with Crippen LogP contribution in [0.3, 0.4) is 0 Å². The maximum Gasteiger partial charge on any atom is 0.0483 e. The van der Waals surface area contributed by atoms with E-state index in [4.69, 9.17) is 0 Å². The third-order valence-corrected chi connectivity index (χ3v) is 3.72. The van der Waals surface area contributed by atoms with E-state index in [0.29, 0.717) is 0 Å². The molecule has 98 valence electrons. The molecule has 0 saturated carbocycles. The van der Waals surface area contributed by atoms with Crippen LogP contribution in [-0.4, -0.2) is 23.1 Å². The molecule has 0 atom stereocenters. The highest BCUT2D eigenvalue weighted by molar-refractivity contribution is 7.98. The van der Waals surface area contributed by atoms with Crippen molar-refractivity contribution in [1.29, 1.82) is 0 Å². The molecule has 0 unspecified atom stereocenters. The largest absolute Gasteiger partial charge is 0.347 e. The SMILES string of the molecule is CCCNCc1ccc2ccn(CCSC)c2c1. The lowest BCUT2D eigenvalue weighted by Crippen LogP contribution is -2.13. The van der Waals surface area contributed by atoms with Gasteiger partial charge in [0.25, 0.3) is 0 Å². The zero-order chi connectivity index (χ0) is 12.8. The number of aromatic nitrogens is 1. The summed E-state index contributed by atoms with van der Waals surface area (Å²) in [5.41, 5.74) is 2.74. The molecule has 0 saturated heterocycles. The molecular formula is C15H22N2S. The quantitative estimate of drug-likeness (QED) is 0.769. The van der Waals surface area contributed by atoms with Gasteiger partial charge in [-0.15, -0.1) is 0 Å². The van der Waals surface area contributed by atoms with Crippen LogP contribution in [0.2, 0.25) is 0 Å². The Bertz CT molecular complexity index is 490. The smallest absolute Gasteiger partial charge is 0.0483 e. The minimum atomic E-state index is 0.970. The number of thioether (sulfide) groups is 1. The Balaban J connectivity index is 2.14. The van der Waals surface area contributed by atoms with Crippen molar-refractivity contribution in [3.63, 3.8) is 0 Å². The van der Waals surface area contributed by atoms with Crippen LogP contribution < -0.4 is 5.32 Å². The van der Waals surface area contributed by atoms with Crippen molar-refractivity contribution in [2.45, 2.75) is 26.4 Å². The normalized spacial score (nSPS) is 11.2. The molecule has 0 spiro atoms. The van der Waals surface area contributed by atoms with E-state index < -0.39 is 0 Å². The van der Waals surface area contributed by atoms with Crippen molar-refractivity contribution in [3.05, 3.63) is 36.0 Å². The van der Waals surface area contributed by atoms with Crippen LogP contribution in [0.4, 0.5) is 0 Å². The average molecular weight is 262 g/mol. The molecule has 2 rings (SSSR count). The summed E-state index contributed by atoms with van der Waals surface area (Å²) >= 11 is 1.90. The molecule has 0 radical (unpaired) electrons. The number of nitrogens with zero attached hydrogens (tertiary/aromatic N) is 1. The topological polar surface area (TPSA) is 17.0 Å². The Morgan fingerprint density at radius 3 is 2.94 bits per heavy atom. The van der Waals surface area contributed by atoms with E-state index >= 15 is 0 Å². The molecular weight excluding hydrogens is 240 g/mol. The molecule has 18 heavy (non-hydrogen) atoms. The number of nitrogens with one attached hydrogen (secondary N) is 1. The summed E-state index contributed by atoms with van der Waals surface area (Å²) in [5, 5.41) is 4.80. The highest BCUT2D eigenvalue weighted by Crippen LogP contribution is 2.18. The standard InChI is InChI=1S/C15H22N2S/c1-3-7-16-12-13-4-5-14-6-8-17(9-10-18-2)15(14)11-13/h4-6,8,11,16H,3,7,9-10,12H2,1-2H3. The van der Waals surface area contributed by atoms with Crippen molar-refractivity contribution in [2.75, 3.05) is 18.6 Å². The minimum Gasteiger partial charge on any atom is -0.347 e. The molecule has 1 heterocycles. The van der Waals surface area contributed by atoms with Gasteiger partial charge in [0.15, 0.2) is 0 Å². The van der Waals surface area contributed by atoms with Gasteiger partial charge in [-0.25, -0.2) is 0 Å². The van der Waals surface area contributed by atoms with Gasteiger partial charge in [-0.1, -0.05) is 19.1 Å². The van der Waals surface area contributed by atoms with Gasteiger partial charge in [0.2, 0.25) is 0 Å². The van der Waals surface area contributed by atoms with Crippen LogP contribution in [0.15, 0.2) is 30.5 Å². The molecule has 0 aliphatic rings. The van der Waals surface area contributed by atoms with Gasteiger partial charge in [0.05, 0.1) is 0 Å². The Morgan fingerprint density at radius 2 is 2.17 bits per heavy atom. The predicted octanol–water partition coefficient (Wildman–Crippen LogP) is 3.50. The lowest BCUT2D eigenvalue weighted by atomic mass is 10.1. The maximum absolute atomic E-state index is 3.46. The van der Waals surface area contributed by atoms with Gasteiger partial charge in [0.1, 0.15) is 0 Å².